The summed E-state index contributed by atoms with van der Waals surface area (Å²) in [5.41, 5.74) is 5.73. The fraction of sp³-hybridized carbons (Fsp3) is 0.0217. The minimum absolute atomic E-state index is 0.0616. The second kappa shape index (κ2) is 11.5. The largest absolute Gasteiger partial charge is 0.309 e. The van der Waals surface area contributed by atoms with E-state index in [1.165, 1.54) is 0 Å². The van der Waals surface area contributed by atoms with Gasteiger partial charge in [-0.15, -0.1) is 0 Å². The maximum Gasteiger partial charge on any atom is 0.164 e. The quantitative estimate of drug-likeness (QED) is 0.187. The number of hydrogen-bond acceptors (Lipinski definition) is 3. The highest BCUT2D eigenvalue weighted by Gasteiger charge is 2.22. The van der Waals surface area contributed by atoms with Crippen molar-refractivity contribution in [2.75, 3.05) is 0 Å². The highest BCUT2D eigenvalue weighted by atomic mass is 15.0. The number of nitrogens with zero attached hydrogens (tertiary/aromatic N) is 4. The molecular formula is C46H30N4. The van der Waals surface area contributed by atoms with Crippen LogP contribution >= 0.6 is 0 Å². The van der Waals surface area contributed by atoms with Gasteiger partial charge in [0, 0.05) is 34.5 Å². The lowest BCUT2D eigenvalue weighted by Gasteiger charge is -2.12. The Morgan fingerprint density at radius 3 is 1.86 bits per heavy atom. The Balaban J connectivity index is 1.22. The van der Waals surface area contributed by atoms with Crippen LogP contribution in [0, 0.1) is 0 Å². The van der Waals surface area contributed by atoms with Crippen LogP contribution in [-0.4, -0.2) is 19.5 Å². The average molecular weight is 649 g/mol. The van der Waals surface area contributed by atoms with Crippen LogP contribution in [-0.2, 0) is 6.40 Å². The summed E-state index contributed by atoms with van der Waals surface area (Å²) in [5.74, 6) is 1.23. The van der Waals surface area contributed by atoms with Gasteiger partial charge in [0.2, 0.25) is 0 Å². The van der Waals surface area contributed by atoms with Crippen molar-refractivity contribution in [2.45, 2.75) is 6.40 Å². The van der Waals surface area contributed by atoms with Crippen molar-refractivity contribution in [3.8, 4) is 62.1 Å². The van der Waals surface area contributed by atoms with Crippen LogP contribution in [0.4, 0.5) is 0 Å². The van der Waals surface area contributed by atoms with Crippen molar-refractivity contribution in [3.05, 3.63) is 181 Å². The zero-order valence-electron chi connectivity index (χ0n) is 36.3. The molecule has 234 valence electrons. The lowest BCUT2D eigenvalue weighted by Crippen LogP contribution is -2.01. The molecule has 0 spiro atoms. The Labute approximate surface area is 304 Å². The second-order valence-electron chi connectivity index (χ2n) is 12.0. The zero-order chi connectivity index (χ0) is 41.7. The highest BCUT2D eigenvalue weighted by molar-refractivity contribution is 6.11. The van der Waals surface area contributed by atoms with Crippen LogP contribution in [0.1, 0.15) is 24.8 Å². The highest BCUT2D eigenvalue weighted by Crippen LogP contribution is 2.42. The summed E-state index contributed by atoms with van der Waals surface area (Å²) in [6.07, 6.45) is -1.32. The van der Waals surface area contributed by atoms with Gasteiger partial charge in [-0.1, -0.05) is 139 Å². The van der Waals surface area contributed by atoms with Gasteiger partial charge in [-0.2, -0.15) is 0 Å². The van der Waals surface area contributed by atoms with Gasteiger partial charge in [-0.25, -0.2) is 15.0 Å². The third-order valence-electron chi connectivity index (χ3n) is 9.02. The van der Waals surface area contributed by atoms with Gasteiger partial charge in [-0.3, -0.25) is 0 Å². The standard InChI is InChI=1S/C46H30N4/c1-3-12-30(13-4-1)31-22-24-33(25-23-31)45-47-44(32-14-5-2-6-15-32)48-46(49-45)35-17-11-18-37(27-35)50-42-21-10-9-20-39(42)41-28-36-26-34-16-7-8-19-38(34)40(36)29-43(41)50/h1-25,27-29H,26H2/i7D,8D,9D,10D,16D,19D,20D,21D,26D,28D. The van der Waals surface area contributed by atoms with Gasteiger partial charge in [-0.05, 0) is 70.1 Å². The van der Waals surface area contributed by atoms with E-state index in [1.807, 2.05) is 91.0 Å². The van der Waals surface area contributed by atoms with Crippen molar-refractivity contribution in [3.63, 3.8) is 0 Å². The molecule has 2 heterocycles. The molecule has 1 aliphatic rings. The predicted molar refractivity (Wildman–Crippen MR) is 204 cm³/mol. The van der Waals surface area contributed by atoms with Crippen molar-refractivity contribution >= 4 is 21.8 Å². The van der Waals surface area contributed by atoms with Gasteiger partial charge in [0.1, 0.15) is 0 Å². The van der Waals surface area contributed by atoms with E-state index in [9.17, 15) is 1.37 Å². The fourth-order valence-electron chi connectivity index (χ4n) is 6.65. The fourth-order valence-corrected chi connectivity index (χ4v) is 6.65. The summed E-state index contributed by atoms with van der Waals surface area (Å²) in [5, 5.41) is 0.263. The average Bonchev–Trinajstić information content (AvgIpc) is 3.79. The molecule has 0 fully saturated rings. The summed E-state index contributed by atoms with van der Waals surface area (Å²) in [6, 6.07) is 33.0. The molecule has 4 nitrogen and oxygen atoms in total. The number of para-hydroxylation sites is 1. The molecule has 9 aromatic rings. The Morgan fingerprint density at radius 2 is 1.08 bits per heavy atom. The molecule has 2 aromatic heterocycles. The van der Waals surface area contributed by atoms with E-state index in [2.05, 4.69) is 0 Å². The van der Waals surface area contributed by atoms with Crippen LogP contribution in [0.2, 0.25) is 0 Å². The van der Waals surface area contributed by atoms with E-state index in [1.54, 1.807) is 28.8 Å². The van der Waals surface area contributed by atoms with Crippen LogP contribution in [0.5, 0.6) is 0 Å². The van der Waals surface area contributed by atoms with Crippen molar-refractivity contribution in [2.24, 2.45) is 0 Å². The van der Waals surface area contributed by atoms with Crippen LogP contribution < -0.4 is 0 Å². The first kappa shape index (κ1) is 20.0. The third-order valence-corrected chi connectivity index (χ3v) is 9.02. The molecule has 0 saturated heterocycles. The number of benzene rings is 7. The summed E-state index contributed by atoms with van der Waals surface area (Å²) < 4.78 is 90.0. The first-order valence-electron chi connectivity index (χ1n) is 21.2. The van der Waals surface area contributed by atoms with Crippen molar-refractivity contribution in [1.29, 1.82) is 0 Å². The summed E-state index contributed by atoms with van der Waals surface area (Å²) >= 11 is 0. The first-order chi connectivity index (χ1) is 28.9. The molecule has 7 aromatic carbocycles. The molecule has 0 aliphatic heterocycles. The molecule has 0 amide bonds. The monoisotopic (exact) mass is 648 g/mol. The smallest absolute Gasteiger partial charge is 0.164 e. The number of aromatic nitrogens is 4. The van der Waals surface area contributed by atoms with Crippen LogP contribution in [0.25, 0.3) is 83.9 Å². The molecule has 0 N–H and O–H groups in total. The Kier molecular flexibility index (Phi) is 4.60. The van der Waals surface area contributed by atoms with Gasteiger partial charge in [0.15, 0.2) is 17.5 Å². The van der Waals surface area contributed by atoms with E-state index < -0.39 is 30.6 Å². The second-order valence-corrected chi connectivity index (χ2v) is 12.0. The minimum Gasteiger partial charge on any atom is -0.309 e. The maximum atomic E-state index is 9.54. The lowest BCUT2D eigenvalue weighted by atomic mass is 10.0. The molecule has 1 aliphatic carbocycles. The molecule has 0 radical (unpaired) electrons. The zero-order valence-corrected chi connectivity index (χ0v) is 26.3. The van der Waals surface area contributed by atoms with Gasteiger partial charge >= 0.3 is 0 Å². The van der Waals surface area contributed by atoms with Gasteiger partial charge in [0.05, 0.1) is 23.4 Å². The number of rotatable bonds is 5. The van der Waals surface area contributed by atoms with Crippen LogP contribution in [0.15, 0.2) is 170 Å². The minimum atomic E-state index is -1.32. The summed E-state index contributed by atoms with van der Waals surface area (Å²) in [7, 11) is 0. The van der Waals surface area contributed by atoms with Gasteiger partial charge in [0.25, 0.3) is 0 Å². The summed E-state index contributed by atoms with van der Waals surface area (Å²) in [4.78, 5) is 14.8. The molecule has 10 rings (SSSR count). The van der Waals surface area contributed by atoms with E-state index in [0.29, 0.717) is 34.2 Å². The van der Waals surface area contributed by atoms with E-state index in [4.69, 9.17) is 27.3 Å². The van der Waals surface area contributed by atoms with Gasteiger partial charge < -0.3 is 4.57 Å². The maximum absolute atomic E-state index is 9.54. The molecule has 1 unspecified atom stereocenters. The molecule has 0 bridgehead atoms. The lowest BCUT2D eigenvalue weighted by molar-refractivity contribution is 1.07. The van der Waals surface area contributed by atoms with E-state index in [0.717, 1.165) is 22.3 Å². The Morgan fingerprint density at radius 1 is 0.480 bits per heavy atom. The Hall–Kier alpha value is -6.65. The van der Waals surface area contributed by atoms with E-state index in [-0.39, 0.29) is 68.8 Å². The topological polar surface area (TPSA) is 43.6 Å². The SMILES string of the molecule is [2H]c1c([2H])c([2H])c2c(c1[2H])-c1cc3c(c([2H])c1C2[2H])c1c([2H])c([2H])c([2H])c([2H])c1n3-c1cccc(-c2nc(-c3ccccc3)nc(-c3ccc(-c4ccccc4)cc3)n2)c1. The predicted octanol–water partition coefficient (Wildman–Crippen LogP) is 11.2. The first-order valence-corrected chi connectivity index (χ1v) is 16.1. The normalized spacial score (nSPS) is 16.2. The molecule has 50 heavy (non-hydrogen) atoms. The third kappa shape index (κ3) is 4.73. The van der Waals surface area contributed by atoms with E-state index >= 15 is 0 Å². The summed E-state index contributed by atoms with van der Waals surface area (Å²) in [6.45, 7) is 0. The molecule has 4 heteroatoms. The van der Waals surface area contributed by atoms with Crippen molar-refractivity contribution in [1.82, 2.24) is 19.5 Å². The van der Waals surface area contributed by atoms with Crippen LogP contribution in [0.3, 0.4) is 0 Å². The molecule has 1 atom stereocenters. The number of fused-ring (bicyclic) bond motifs is 6. The molecular weight excluding hydrogens is 609 g/mol. The molecule has 0 saturated carbocycles. The van der Waals surface area contributed by atoms with Crippen molar-refractivity contribution < 1.29 is 13.7 Å². The Bertz CT molecular complexity index is 3260. The number of hydrogen-bond donors (Lipinski definition) is 0.